The van der Waals surface area contributed by atoms with Gasteiger partial charge in [-0.05, 0) is 25.1 Å². The first-order valence-electron chi connectivity index (χ1n) is 7.61. The van der Waals surface area contributed by atoms with Crippen LogP contribution in [0.3, 0.4) is 0 Å². The van der Waals surface area contributed by atoms with Crippen LogP contribution in [0, 0.1) is 0 Å². The van der Waals surface area contributed by atoms with Gasteiger partial charge < -0.3 is 20.1 Å². The zero-order valence-corrected chi connectivity index (χ0v) is 15.5. The van der Waals surface area contributed by atoms with Crippen LogP contribution in [0.1, 0.15) is 13.3 Å². The molecule has 0 unspecified atom stereocenters. The van der Waals surface area contributed by atoms with Crippen molar-refractivity contribution in [1.82, 2.24) is 10.7 Å². The van der Waals surface area contributed by atoms with E-state index < -0.39 is 11.8 Å². The van der Waals surface area contributed by atoms with E-state index in [2.05, 4.69) is 21.2 Å². The van der Waals surface area contributed by atoms with Gasteiger partial charge in [0.2, 0.25) is 5.91 Å². The van der Waals surface area contributed by atoms with E-state index in [0.29, 0.717) is 22.2 Å². The Morgan fingerprint density at radius 1 is 1.19 bits per heavy atom. The fourth-order valence-electron chi connectivity index (χ4n) is 1.77. The van der Waals surface area contributed by atoms with Crippen LogP contribution in [0.25, 0.3) is 0 Å². The van der Waals surface area contributed by atoms with E-state index in [1.165, 1.54) is 14.2 Å². The molecule has 0 aliphatic carbocycles. The molecule has 0 atom stereocenters. The SMILES string of the molecule is COCCNC(=O)C(=O)N/N=C(\C)CC(=O)Nc1ccc(OC)c(Cl)c1. The Morgan fingerprint density at radius 3 is 2.54 bits per heavy atom. The van der Waals surface area contributed by atoms with Crippen molar-refractivity contribution in [3.8, 4) is 5.75 Å². The zero-order chi connectivity index (χ0) is 19.5. The summed E-state index contributed by atoms with van der Waals surface area (Å²) < 4.78 is 9.78. The summed E-state index contributed by atoms with van der Waals surface area (Å²) >= 11 is 5.99. The van der Waals surface area contributed by atoms with Gasteiger partial charge in [-0.15, -0.1) is 0 Å². The summed E-state index contributed by atoms with van der Waals surface area (Å²) in [7, 11) is 2.97. The predicted molar refractivity (Wildman–Crippen MR) is 97.4 cm³/mol. The number of carbonyl (C=O) groups excluding carboxylic acids is 3. The number of benzene rings is 1. The lowest BCUT2D eigenvalue weighted by molar-refractivity contribution is -0.139. The molecule has 9 nitrogen and oxygen atoms in total. The van der Waals surface area contributed by atoms with Crippen molar-refractivity contribution < 1.29 is 23.9 Å². The average Bonchev–Trinajstić information content (AvgIpc) is 2.59. The van der Waals surface area contributed by atoms with Crippen molar-refractivity contribution in [2.75, 3.05) is 32.7 Å². The lowest BCUT2D eigenvalue weighted by atomic mass is 10.2. The molecule has 0 saturated carbocycles. The molecule has 26 heavy (non-hydrogen) atoms. The van der Waals surface area contributed by atoms with Gasteiger partial charge in [-0.3, -0.25) is 14.4 Å². The molecule has 1 aromatic carbocycles. The lowest BCUT2D eigenvalue weighted by Gasteiger charge is -2.08. The number of rotatable bonds is 8. The van der Waals surface area contributed by atoms with Crippen LogP contribution in [-0.2, 0) is 19.1 Å². The van der Waals surface area contributed by atoms with Gasteiger partial charge in [0.05, 0.1) is 25.2 Å². The van der Waals surface area contributed by atoms with Crippen LogP contribution in [0.2, 0.25) is 5.02 Å². The minimum atomic E-state index is -0.928. The quantitative estimate of drug-likeness (QED) is 0.267. The highest BCUT2D eigenvalue weighted by Gasteiger charge is 2.12. The maximum Gasteiger partial charge on any atom is 0.329 e. The van der Waals surface area contributed by atoms with Gasteiger partial charge in [0.25, 0.3) is 0 Å². The highest BCUT2D eigenvalue weighted by molar-refractivity contribution is 6.35. The Labute approximate surface area is 156 Å². The summed E-state index contributed by atoms with van der Waals surface area (Å²) in [5.74, 6) is -1.63. The van der Waals surface area contributed by atoms with Crippen molar-refractivity contribution in [1.29, 1.82) is 0 Å². The number of halogens is 1. The lowest BCUT2D eigenvalue weighted by Crippen LogP contribution is -2.39. The Bertz CT molecular complexity index is 693. The molecule has 1 rings (SSSR count). The van der Waals surface area contributed by atoms with Crippen LogP contribution in [0.4, 0.5) is 5.69 Å². The minimum absolute atomic E-state index is 0.0742. The number of nitrogens with one attached hydrogen (secondary N) is 3. The third kappa shape index (κ3) is 7.49. The van der Waals surface area contributed by atoms with Gasteiger partial charge in [0, 0.05) is 25.1 Å². The van der Waals surface area contributed by atoms with Gasteiger partial charge in [0.15, 0.2) is 0 Å². The number of anilines is 1. The van der Waals surface area contributed by atoms with E-state index in [-0.39, 0.29) is 25.5 Å². The first-order chi connectivity index (χ1) is 12.4. The van der Waals surface area contributed by atoms with E-state index >= 15 is 0 Å². The van der Waals surface area contributed by atoms with Crippen LogP contribution in [0.5, 0.6) is 5.75 Å². The van der Waals surface area contributed by atoms with Crippen molar-refractivity contribution in [2.45, 2.75) is 13.3 Å². The highest BCUT2D eigenvalue weighted by Crippen LogP contribution is 2.27. The van der Waals surface area contributed by atoms with Gasteiger partial charge >= 0.3 is 11.8 Å². The van der Waals surface area contributed by atoms with Crippen LogP contribution in [-0.4, -0.2) is 50.8 Å². The first kappa shape index (κ1) is 21.4. The predicted octanol–water partition coefficient (Wildman–Crippen LogP) is 0.932. The molecular formula is C16H21ClN4O5. The number of methoxy groups -OCH3 is 2. The summed E-state index contributed by atoms with van der Waals surface area (Å²) in [5, 5.41) is 9.07. The molecule has 3 amide bonds. The van der Waals surface area contributed by atoms with E-state index in [1.807, 2.05) is 0 Å². The largest absolute Gasteiger partial charge is 0.495 e. The maximum atomic E-state index is 12.0. The fraction of sp³-hybridized carbons (Fsp3) is 0.375. The van der Waals surface area contributed by atoms with Gasteiger partial charge in [-0.1, -0.05) is 11.6 Å². The third-order valence-electron chi connectivity index (χ3n) is 3.00. The second-order valence-corrected chi connectivity index (χ2v) is 5.52. The van der Waals surface area contributed by atoms with E-state index in [4.69, 9.17) is 21.1 Å². The summed E-state index contributed by atoms with van der Waals surface area (Å²) in [6.07, 6.45) is -0.0742. The number of hydrazone groups is 1. The molecule has 0 aliphatic rings. The Kier molecular flexibility index (Phi) is 9.10. The smallest absolute Gasteiger partial charge is 0.329 e. The Balaban J connectivity index is 2.48. The summed E-state index contributed by atoms with van der Waals surface area (Å²) in [6.45, 7) is 2.04. The minimum Gasteiger partial charge on any atom is -0.495 e. The fourth-order valence-corrected chi connectivity index (χ4v) is 2.02. The first-order valence-corrected chi connectivity index (χ1v) is 7.98. The van der Waals surface area contributed by atoms with Crippen molar-refractivity contribution in [3.63, 3.8) is 0 Å². The molecule has 0 radical (unpaired) electrons. The topological polar surface area (TPSA) is 118 Å². The van der Waals surface area contributed by atoms with Crippen molar-refractivity contribution >= 4 is 40.7 Å². The Hall–Kier alpha value is -2.65. The third-order valence-corrected chi connectivity index (χ3v) is 3.29. The monoisotopic (exact) mass is 384 g/mol. The summed E-state index contributed by atoms with van der Waals surface area (Å²) in [4.78, 5) is 34.9. The molecule has 0 spiro atoms. The van der Waals surface area contributed by atoms with E-state index in [9.17, 15) is 14.4 Å². The van der Waals surface area contributed by atoms with Gasteiger partial charge in [-0.2, -0.15) is 5.10 Å². The molecule has 0 bridgehead atoms. The van der Waals surface area contributed by atoms with E-state index in [0.717, 1.165) is 0 Å². The number of carbonyl (C=O) groups is 3. The molecule has 0 heterocycles. The number of hydrogen-bond donors (Lipinski definition) is 3. The number of ether oxygens (including phenoxy) is 2. The van der Waals surface area contributed by atoms with Crippen molar-refractivity contribution in [2.24, 2.45) is 5.10 Å². The number of amides is 3. The molecule has 0 fully saturated rings. The summed E-state index contributed by atoms with van der Waals surface area (Å²) in [6, 6.07) is 4.82. The number of hydrogen-bond acceptors (Lipinski definition) is 6. The Morgan fingerprint density at radius 2 is 1.92 bits per heavy atom. The van der Waals surface area contributed by atoms with Crippen LogP contribution < -0.4 is 20.8 Å². The molecule has 3 N–H and O–H groups in total. The molecule has 0 saturated heterocycles. The zero-order valence-electron chi connectivity index (χ0n) is 14.7. The van der Waals surface area contributed by atoms with Gasteiger partial charge in [0.1, 0.15) is 5.75 Å². The summed E-state index contributed by atoms with van der Waals surface area (Å²) in [5.41, 5.74) is 2.90. The molecule has 0 aromatic heterocycles. The standard InChI is InChI=1S/C16H21ClN4O5/c1-10(20-21-16(24)15(23)18-6-7-25-2)8-14(22)19-11-4-5-13(26-3)12(17)9-11/h4-5,9H,6-8H2,1-3H3,(H,18,23)(H,19,22)(H,21,24)/b20-10+. The van der Waals surface area contributed by atoms with Crippen molar-refractivity contribution in [3.05, 3.63) is 23.2 Å². The average molecular weight is 385 g/mol. The van der Waals surface area contributed by atoms with E-state index in [1.54, 1.807) is 25.1 Å². The second-order valence-electron chi connectivity index (χ2n) is 5.11. The molecule has 0 aliphatic heterocycles. The van der Waals surface area contributed by atoms with Gasteiger partial charge in [-0.25, -0.2) is 5.43 Å². The molecule has 10 heteroatoms. The maximum absolute atomic E-state index is 12.0. The highest BCUT2D eigenvalue weighted by atomic mass is 35.5. The van der Waals surface area contributed by atoms with Crippen LogP contribution >= 0.6 is 11.6 Å². The number of nitrogens with zero attached hydrogens (tertiary/aromatic N) is 1. The molecular weight excluding hydrogens is 364 g/mol. The normalized spacial score (nSPS) is 10.8. The molecule has 142 valence electrons. The molecule has 1 aromatic rings. The van der Waals surface area contributed by atoms with Crippen LogP contribution in [0.15, 0.2) is 23.3 Å². The second kappa shape index (κ2) is 11.1.